The lowest BCUT2D eigenvalue weighted by Crippen LogP contribution is -2.38. The number of non-ortho nitro benzene ring substituents is 1. The fraction of sp³-hybridized carbons (Fsp3) is 0.375. The van der Waals surface area contributed by atoms with Gasteiger partial charge in [-0.25, -0.2) is 0 Å². The Morgan fingerprint density at radius 2 is 2.00 bits per heavy atom. The topological polar surface area (TPSA) is 109 Å². The van der Waals surface area contributed by atoms with E-state index in [0.29, 0.717) is 11.0 Å². The van der Waals surface area contributed by atoms with Gasteiger partial charge in [0.25, 0.3) is 11.6 Å². The van der Waals surface area contributed by atoms with Crippen molar-refractivity contribution in [3.63, 3.8) is 0 Å². The Morgan fingerprint density at radius 1 is 1.26 bits per heavy atom. The van der Waals surface area contributed by atoms with Crippen LogP contribution in [-0.4, -0.2) is 16.9 Å². The van der Waals surface area contributed by atoms with Gasteiger partial charge < -0.3 is 9.73 Å². The molecule has 1 heterocycles. The van der Waals surface area contributed by atoms with Crippen LogP contribution in [0.4, 0.5) is 5.69 Å². The number of fused-ring (bicyclic) bond motifs is 1. The minimum Gasteiger partial charge on any atom is -0.438 e. The van der Waals surface area contributed by atoms with E-state index in [1.54, 1.807) is 0 Å². The van der Waals surface area contributed by atoms with E-state index in [1.165, 1.54) is 30.7 Å². The van der Waals surface area contributed by atoms with Crippen LogP contribution in [0.1, 0.15) is 42.5 Å². The second-order valence-electron chi connectivity index (χ2n) is 5.78. The van der Waals surface area contributed by atoms with E-state index in [1.807, 2.05) is 0 Å². The molecule has 0 aliphatic heterocycles. The Balaban J connectivity index is 1.92. The van der Waals surface area contributed by atoms with E-state index in [-0.39, 0.29) is 28.8 Å². The molecule has 1 saturated carbocycles. The van der Waals surface area contributed by atoms with Gasteiger partial charge in [0.05, 0.1) is 4.92 Å². The predicted molar refractivity (Wildman–Crippen MR) is 83.1 cm³/mol. The third-order valence-corrected chi connectivity index (χ3v) is 4.15. The molecule has 0 saturated heterocycles. The van der Waals surface area contributed by atoms with Crippen LogP contribution in [0.3, 0.4) is 0 Å². The Morgan fingerprint density at radius 3 is 2.70 bits per heavy atom. The lowest BCUT2D eigenvalue weighted by Gasteiger charge is -2.22. The second kappa shape index (κ2) is 6.20. The normalized spacial score (nSPS) is 15.5. The standard InChI is InChI=1S/C16H17N3O4/c17-15-13(16(20)18-11-4-2-1-3-5-11)9-10-8-12(19(21)22)6-7-14(10)23-15/h6-9,11,17H,1-5H2,(H,18,20). The molecule has 0 unspecified atom stereocenters. The van der Waals surface area contributed by atoms with Crippen molar-refractivity contribution in [1.29, 1.82) is 5.41 Å². The first-order chi connectivity index (χ1) is 11.0. The summed E-state index contributed by atoms with van der Waals surface area (Å²) in [6.45, 7) is 0. The molecule has 0 radical (unpaired) electrons. The van der Waals surface area contributed by atoms with E-state index in [9.17, 15) is 14.9 Å². The highest BCUT2D eigenvalue weighted by atomic mass is 16.6. The molecule has 0 atom stereocenters. The van der Waals surface area contributed by atoms with E-state index >= 15 is 0 Å². The fourth-order valence-electron chi connectivity index (χ4n) is 2.92. The molecule has 1 amide bonds. The van der Waals surface area contributed by atoms with Gasteiger partial charge in [0.1, 0.15) is 11.1 Å². The lowest BCUT2D eigenvalue weighted by atomic mass is 9.95. The molecule has 120 valence electrons. The van der Waals surface area contributed by atoms with Gasteiger partial charge >= 0.3 is 0 Å². The van der Waals surface area contributed by atoms with Crippen molar-refractivity contribution in [1.82, 2.24) is 5.32 Å². The van der Waals surface area contributed by atoms with Crippen molar-refractivity contribution in [2.24, 2.45) is 0 Å². The Kier molecular flexibility index (Phi) is 4.10. The zero-order valence-corrected chi connectivity index (χ0v) is 12.5. The Bertz CT molecular complexity index is 822. The molecule has 1 aromatic heterocycles. The summed E-state index contributed by atoms with van der Waals surface area (Å²) in [7, 11) is 0. The van der Waals surface area contributed by atoms with E-state index < -0.39 is 4.92 Å². The summed E-state index contributed by atoms with van der Waals surface area (Å²) in [6, 6.07) is 5.69. The summed E-state index contributed by atoms with van der Waals surface area (Å²) in [5.41, 5.74) is 0.127. The number of nitrogens with one attached hydrogen (secondary N) is 2. The third-order valence-electron chi connectivity index (χ3n) is 4.15. The molecular weight excluding hydrogens is 298 g/mol. The van der Waals surface area contributed by atoms with Crippen molar-refractivity contribution < 1.29 is 14.1 Å². The summed E-state index contributed by atoms with van der Waals surface area (Å²) in [5, 5.41) is 22.1. The molecular formula is C16H17N3O4. The molecule has 0 spiro atoms. The molecule has 2 aromatic rings. The quantitative estimate of drug-likeness (QED) is 0.670. The minimum absolute atomic E-state index is 0.0796. The maximum absolute atomic E-state index is 12.4. The number of carbonyl (C=O) groups excluding carboxylic acids is 1. The molecule has 1 aliphatic carbocycles. The van der Waals surface area contributed by atoms with Crippen LogP contribution in [0.2, 0.25) is 0 Å². The van der Waals surface area contributed by atoms with E-state index in [2.05, 4.69) is 5.32 Å². The number of nitrogens with zero attached hydrogens (tertiary/aromatic N) is 1. The van der Waals surface area contributed by atoms with Crippen LogP contribution < -0.4 is 10.9 Å². The zero-order chi connectivity index (χ0) is 16.4. The molecule has 1 aliphatic rings. The monoisotopic (exact) mass is 315 g/mol. The third kappa shape index (κ3) is 3.23. The van der Waals surface area contributed by atoms with Crippen molar-refractivity contribution in [3.05, 3.63) is 45.5 Å². The summed E-state index contributed by atoms with van der Waals surface area (Å²) in [4.78, 5) is 22.7. The molecule has 23 heavy (non-hydrogen) atoms. The van der Waals surface area contributed by atoms with Crippen molar-refractivity contribution in [2.45, 2.75) is 38.1 Å². The first-order valence-corrected chi connectivity index (χ1v) is 7.62. The van der Waals surface area contributed by atoms with Crippen LogP contribution in [-0.2, 0) is 0 Å². The van der Waals surface area contributed by atoms with E-state index in [0.717, 1.165) is 25.7 Å². The van der Waals surface area contributed by atoms with Gasteiger partial charge in [0, 0.05) is 23.6 Å². The lowest BCUT2D eigenvalue weighted by molar-refractivity contribution is -0.384. The number of hydrogen-bond acceptors (Lipinski definition) is 5. The van der Waals surface area contributed by atoms with Crippen LogP contribution in [0.15, 0.2) is 28.7 Å². The number of nitro groups is 1. The van der Waals surface area contributed by atoms with Crippen molar-refractivity contribution in [3.8, 4) is 0 Å². The average Bonchev–Trinajstić information content (AvgIpc) is 2.54. The largest absolute Gasteiger partial charge is 0.438 e. The van der Waals surface area contributed by atoms with Crippen molar-refractivity contribution >= 4 is 22.6 Å². The van der Waals surface area contributed by atoms with Crippen LogP contribution in [0.5, 0.6) is 0 Å². The highest BCUT2D eigenvalue weighted by molar-refractivity contribution is 5.96. The van der Waals surface area contributed by atoms with Crippen LogP contribution in [0.25, 0.3) is 11.0 Å². The van der Waals surface area contributed by atoms with Crippen LogP contribution in [0, 0.1) is 15.5 Å². The Labute approximate surface area is 132 Å². The van der Waals surface area contributed by atoms with Gasteiger partial charge in [-0.2, -0.15) is 0 Å². The Hall–Kier alpha value is -2.70. The van der Waals surface area contributed by atoms with E-state index in [4.69, 9.17) is 9.83 Å². The van der Waals surface area contributed by atoms with Gasteiger partial charge in [-0.1, -0.05) is 19.3 Å². The molecule has 3 rings (SSSR count). The number of amides is 1. The molecule has 7 nitrogen and oxygen atoms in total. The molecule has 1 fully saturated rings. The number of benzene rings is 1. The predicted octanol–water partition coefficient (Wildman–Crippen LogP) is 2.88. The van der Waals surface area contributed by atoms with Gasteiger partial charge in [-0.3, -0.25) is 20.3 Å². The summed E-state index contributed by atoms with van der Waals surface area (Å²) in [5.74, 6) is -0.362. The van der Waals surface area contributed by atoms with Crippen LogP contribution >= 0.6 is 0 Å². The molecule has 1 aromatic carbocycles. The second-order valence-corrected chi connectivity index (χ2v) is 5.78. The number of rotatable bonds is 3. The fourth-order valence-corrected chi connectivity index (χ4v) is 2.92. The maximum Gasteiger partial charge on any atom is 0.270 e. The minimum atomic E-state index is -0.504. The SMILES string of the molecule is N=c1oc2ccc([N+](=O)[O-])cc2cc1C(=O)NC1CCCCC1. The maximum atomic E-state index is 12.4. The number of hydrogen-bond donors (Lipinski definition) is 2. The van der Waals surface area contributed by atoms with Gasteiger partial charge in [-0.15, -0.1) is 0 Å². The van der Waals surface area contributed by atoms with Gasteiger partial charge in [0.2, 0.25) is 5.55 Å². The average molecular weight is 315 g/mol. The molecule has 2 N–H and O–H groups in total. The highest BCUT2D eigenvalue weighted by Crippen LogP contribution is 2.21. The van der Waals surface area contributed by atoms with Gasteiger partial charge in [0.15, 0.2) is 0 Å². The molecule has 7 heteroatoms. The first-order valence-electron chi connectivity index (χ1n) is 7.62. The first kappa shape index (κ1) is 15.2. The van der Waals surface area contributed by atoms with Crippen molar-refractivity contribution in [2.75, 3.05) is 0 Å². The highest BCUT2D eigenvalue weighted by Gasteiger charge is 2.19. The van der Waals surface area contributed by atoms with Gasteiger partial charge in [-0.05, 0) is 25.0 Å². The molecule has 0 bridgehead atoms. The summed E-state index contributed by atoms with van der Waals surface area (Å²) < 4.78 is 5.32. The number of nitro benzene ring substituents is 1. The number of carbonyl (C=O) groups is 1. The smallest absolute Gasteiger partial charge is 0.270 e. The summed E-state index contributed by atoms with van der Waals surface area (Å²) in [6.07, 6.45) is 5.25. The zero-order valence-electron chi connectivity index (χ0n) is 12.5. The summed E-state index contributed by atoms with van der Waals surface area (Å²) >= 11 is 0.